The fraction of sp³-hybridized carbons (Fsp3) is 0.727. The molecule has 0 heterocycles. The first-order chi connectivity index (χ1) is 6.02. The summed E-state index contributed by atoms with van der Waals surface area (Å²) in [5, 5.41) is 2.70. The van der Waals surface area contributed by atoms with E-state index in [1.165, 1.54) is 6.42 Å². The molecule has 0 aliphatic heterocycles. The smallest absolute Gasteiger partial charge is 0.224 e. The molecule has 0 saturated carbocycles. The predicted molar refractivity (Wildman–Crippen MR) is 56.3 cm³/mol. The molecule has 0 aliphatic carbocycles. The van der Waals surface area contributed by atoms with Gasteiger partial charge in [0.05, 0.1) is 0 Å². The first-order valence-corrected chi connectivity index (χ1v) is 4.97. The van der Waals surface area contributed by atoms with E-state index in [-0.39, 0.29) is 5.91 Å². The largest absolute Gasteiger partial charge is 0.331 e. The molecular formula is C11H21NO. The SMILES string of the molecule is C=C(C)NC(=O)CCCCC(C)C. The second kappa shape index (κ2) is 6.70. The molecule has 0 aromatic heterocycles. The summed E-state index contributed by atoms with van der Waals surface area (Å²) in [5.41, 5.74) is 0.730. The van der Waals surface area contributed by atoms with Crippen LogP contribution in [0.4, 0.5) is 0 Å². The van der Waals surface area contributed by atoms with Crippen molar-refractivity contribution in [3.05, 3.63) is 12.3 Å². The predicted octanol–water partition coefficient (Wildman–Crippen LogP) is 2.85. The zero-order valence-electron chi connectivity index (χ0n) is 9.02. The lowest BCUT2D eigenvalue weighted by Crippen LogP contribution is -2.20. The lowest BCUT2D eigenvalue weighted by atomic mass is 10.1. The highest BCUT2D eigenvalue weighted by Gasteiger charge is 2.00. The number of rotatable bonds is 6. The Kier molecular flexibility index (Phi) is 6.29. The van der Waals surface area contributed by atoms with Crippen LogP contribution in [0.5, 0.6) is 0 Å². The number of unbranched alkanes of at least 4 members (excludes halogenated alkanes) is 1. The van der Waals surface area contributed by atoms with E-state index in [2.05, 4.69) is 25.7 Å². The summed E-state index contributed by atoms with van der Waals surface area (Å²) in [6.07, 6.45) is 3.96. The van der Waals surface area contributed by atoms with E-state index in [4.69, 9.17) is 0 Å². The standard InChI is InChI=1S/C11H21NO/c1-9(2)7-5-6-8-11(13)12-10(3)4/h9H,3,5-8H2,1-2,4H3,(H,12,13). The molecule has 0 aliphatic rings. The first kappa shape index (κ1) is 12.2. The van der Waals surface area contributed by atoms with E-state index in [0.717, 1.165) is 24.5 Å². The monoisotopic (exact) mass is 183 g/mol. The average molecular weight is 183 g/mol. The number of hydrogen-bond acceptors (Lipinski definition) is 1. The highest BCUT2D eigenvalue weighted by atomic mass is 16.1. The molecule has 1 N–H and O–H groups in total. The number of carbonyl (C=O) groups is 1. The lowest BCUT2D eigenvalue weighted by Gasteiger charge is -2.05. The summed E-state index contributed by atoms with van der Waals surface area (Å²) in [5.74, 6) is 0.834. The van der Waals surface area contributed by atoms with Crippen molar-refractivity contribution in [1.29, 1.82) is 0 Å². The van der Waals surface area contributed by atoms with Crippen LogP contribution in [0.2, 0.25) is 0 Å². The maximum Gasteiger partial charge on any atom is 0.224 e. The molecule has 1 amide bonds. The van der Waals surface area contributed by atoms with Crippen LogP contribution < -0.4 is 5.32 Å². The normalized spacial score (nSPS) is 10.2. The molecule has 13 heavy (non-hydrogen) atoms. The van der Waals surface area contributed by atoms with E-state index >= 15 is 0 Å². The van der Waals surface area contributed by atoms with Gasteiger partial charge in [-0.1, -0.05) is 33.3 Å². The third kappa shape index (κ3) is 9.12. The molecule has 0 spiro atoms. The average Bonchev–Trinajstić information content (AvgIpc) is 1.96. The number of nitrogens with one attached hydrogen (secondary N) is 1. The van der Waals surface area contributed by atoms with Gasteiger partial charge in [-0.2, -0.15) is 0 Å². The Labute approximate surface area is 81.4 Å². The lowest BCUT2D eigenvalue weighted by molar-refractivity contribution is -0.120. The van der Waals surface area contributed by atoms with Crippen molar-refractivity contribution in [3.8, 4) is 0 Å². The van der Waals surface area contributed by atoms with Gasteiger partial charge in [0.1, 0.15) is 0 Å². The second-order valence-corrected chi connectivity index (χ2v) is 3.97. The molecule has 76 valence electrons. The van der Waals surface area contributed by atoms with Gasteiger partial charge < -0.3 is 5.32 Å². The zero-order valence-corrected chi connectivity index (χ0v) is 9.02. The summed E-state index contributed by atoms with van der Waals surface area (Å²) in [6, 6.07) is 0. The van der Waals surface area contributed by atoms with Crippen molar-refractivity contribution in [2.24, 2.45) is 5.92 Å². The maximum absolute atomic E-state index is 11.1. The van der Waals surface area contributed by atoms with E-state index < -0.39 is 0 Å². The van der Waals surface area contributed by atoms with Gasteiger partial charge in [-0.15, -0.1) is 0 Å². The fourth-order valence-corrected chi connectivity index (χ4v) is 1.14. The van der Waals surface area contributed by atoms with Crippen molar-refractivity contribution in [2.45, 2.75) is 46.5 Å². The number of amides is 1. The van der Waals surface area contributed by atoms with E-state index in [1.54, 1.807) is 6.92 Å². The van der Waals surface area contributed by atoms with Crippen LogP contribution in [0.1, 0.15) is 46.5 Å². The molecule has 2 nitrogen and oxygen atoms in total. The Morgan fingerprint density at radius 2 is 2.00 bits per heavy atom. The minimum atomic E-state index is 0.0938. The second-order valence-electron chi connectivity index (χ2n) is 3.97. The molecular weight excluding hydrogens is 162 g/mol. The van der Waals surface area contributed by atoms with Crippen LogP contribution in [0.25, 0.3) is 0 Å². The van der Waals surface area contributed by atoms with Gasteiger partial charge in [-0.3, -0.25) is 4.79 Å². The van der Waals surface area contributed by atoms with Crippen molar-refractivity contribution >= 4 is 5.91 Å². The molecule has 0 radical (unpaired) electrons. The summed E-state index contributed by atoms with van der Waals surface area (Å²) < 4.78 is 0. The van der Waals surface area contributed by atoms with Gasteiger partial charge in [-0.25, -0.2) is 0 Å². The van der Waals surface area contributed by atoms with Gasteiger partial charge in [0.2, 0.25) is 5.91 Å². The summed E-state index contributed by atoms with van der Waals surface area (Å²) >= 11 is 0. The van der Waals surface area contributed by atoms with Gasteiger partial charge in [0.15, 0.2) is 0 Å². The van der Waals surface area contributed by atoms with E-state index in [0.29, 0.717) is 6.42 Å². The van der Waals surface area contributed by atoms with Gasteiger partial charge in [0.25, 0.3) is 0 Å². The molecule has 0 rings (SSSR count). The van der Waals surface area contributed by atoms with Gasteiger partial charge in [0, 0.05) is 12.1 Å². The highest BCUT2D eigenvalue weighted by molar-refractivity contribution is 5.77. The summed E-state index contributed by atoms with van der Waals surface area (Å²) in [4.78, 5) is 11.1. The quantitative estimate of drug-likeness (QED) is 0.630. The molecule has 2 heteroatoms. The molecule has 0 unspecified atom stereocenters. The Bertz CT molecular complexity index is 173. The molecule has 0 saturated heterocycles. The van der Waals surface area contributed by atoms with Crippen molar-refractivity contribution < 1.29 is 4.79 Å². The molecule has 0 aromatic carbocycles. The number of hydrogen-bond donors (Lipinski definition) is 1. The van der Waals surface area contributed by atoms with Crippen LogP contribution in [0.15, 0.2) is 12.3 Å². The van der Waals surface area contributed by atoms with Crippen LogP contribution >= 0.6 is 0 Å². The Morgan fingerprint density at radius 1 is 1.38 bits per heavy atom. The van der Waals surface area contributed by atoms with Crippen LogP contribution in [0.3, 0.4) is 0 Å². The molecule has 0 aromatic rings. The molecule has 0 bridgehead atoms. The fourth-order valence-electron chi connectivity index (χ4n) is 1.14. The zero-order chi connectivity index (χ0) is 10.3. The van der Waals surface area contributed by atoms with Gasteiger partial charge in [-0.05, 0) is 19.3 Å². The summed E-state index contributed by atoms with van der Waals surface area (Å²) in [7, 11) is 0. The Hall–Kier alpha value is -0.790. The van der Waals surface area contributed by atoms with Crippen LogP contribution in [-0.2, 0) is 4.79 Å². The first-order valence-electron chi connectivity index (χ1n) is 4.97. The molecule has 0 atom stereocenters. The maximum atomic E-state index is 11.1. The molecule has 0 fully saturated rings. The third-order valence-corrected chi connectivity index (χ3v) is 1.79. The van der Waals surface area contributed by atoms with E-state index in [9.17, 15) is 4.79 Å². The Morgan fingerprint density at radius 3 is 2.46 bits per heavy atom. The van der Waals surface area contributed by atoms with Crippen molar-refractivity contribution in [3.63, 3.8) is 0 Å². The minimum Gasteiger partial charge on any atom is -0.331 e. The van der Waals surface area contributed by atoms with Crippen LogP contribution in [0, 0.1) is 5.92 Å². The van der Waals surface area contributed by atoms with Crippen LogP contribution in [-0.4, -0.2) is 5.91 Å². The van der Waals surface area contributed by atoms with Crippen molar-refractivity contribution in [1.82, 2.24) is 5.32 Å². The van der Waals surface area contributed by atoms with Gasteiger partial charge >= 0.3 is 0 Å². The summed E-state index contributed by atoms with van der Waals surface area (Å²) in [6.45, 7) is 9.82. The Balaban J connectivity index is 3.32. The van der Waals surface area contributed by atoms with E-state index in [1.807, 2.05) is 0 Å². The third-order valence-electron chi connectivity index (χ3n) is 1.79. The number of carbonyl (C=O) groups excluding carboxylic acids is 1. The van der Waals surface area contributed by atoms with Crippen molar-refractivity contribution in [2.75, 3.05) is 0 Å². The minimum absolute atomic E-state index is 0.0938. The highest BCUT2D eigenvalue weighted by Crippen LogP contribution is 2.07. The topological polar surface area (TPSA) is 29.1 Å². The number of allylic oxidation sites excluding steroid dienone is 1.